The number of esters is 1. The number of nitrogens with zero attached hydrogens (tertiary/aromatic N) is 1. The Labute approximate surface area is 105 Å². The molecular formula is C11H22NO4P. The molecule has 0 heterocycles. The molecule has 0 saturated heterocycles. The topological polar surface area (TPSA) is 55.8 Å². The number of carbonyl (C=O) groups is 1. The van der Waals surface area contributed by atoms with Gasteiger partial charge in [0.2, 0.25) is 0 Å². The molecule has 0 aromatic heterocycles. The van der Waals surface area contributed by atoms with Crippen LogP contribution in [-0.4, -0.2) is 55.4 Å². The van der Waals surface area contributed by atoms with E-state index in [0.717, 1.165) is 0 Å². The van der Waals surface area contributed by atoms with Gasteiger partial charge in [0.25, 0.3) is 0 Å². The Morgan fingerprint density at radius 1 is 1.47 bits per heavy atom. The van der Waals surface area contributed by atoms with Crippen molar-refractivity contribution in [2.75, 3.05) is 27.7 Å². The smallest absolute Gasteiger partial charge is 0.335 e. The van der Waals surface area contributed by atoms with Crippen LogP contribution in [0.2, 0.25) is 0 Å². The van der Waals surface area contributed by atoms with Crippen LogP contribution in [0.3, 0.4) is 0 Å². The second-order valence-corrected chi connectivity index (χ2v) is 5.94. The molecule has 0 saturated carbocycles. The van der Waals surface area contributed by atoms with Crippen molar-refractivity contribution in [3.05, 3.63) is 12.2 Å². The third kappa shape index (κ3) is 9.24. The lowest BCUT2D eigenvalue weighted by Gasteiger charge is -2.34. The molecule has 0 spiro atoms. The number of hydrogen-bond acceptors (Lipinski definition) is 4. The maximum Gasteiger partial charge on any atom is 0.335 e. The normalized spacial score (nSPS) is 15.9. The van der Waals surface area contributed by atoms with E-state index in [2.05, 4.69) is 6.58 Å². The molecular weight excluding hydrogens is 241 g/mol. The van der Waals surface area contributed by atoms with Crippen molar-refractivity contribution in [2.24, 2.45) is 0 Å². The Hall–Kier alpha value is -0.480. The summed E-state index contributed by atoms with van der Waals surface area (Å²) in [5.74, 6) is -1.10. The summed E-state index contributed by atoms with van der Waals surface area (Å²) in [6.07, 6.45) is -0.692. The molecule has 0 amide bonds. The molecule has 2 atom stereocenters. The van der Waals surface area contributed by atoms with E-state index >= 15 is 0 Å². The quantitative estimate of drug-likeness (QED) is 0.248. The number of quaternary nitrogens is 1. The Kier molecular flexibility index (Phi) is 6.87. The van der Waals surface area contributed by atoms with Crippen molar-refractivity contribution in [1.82, 2.24) is 0 Å². The van der Waals surface area contributed by atoms with Crippen LogP contribution in [0, 0.1) is 0 Å². The highest BCUT2D eigenvalue weighted by Gasteiger charge is 2.10. The van der Waals surface area contributed by atoms with Crippen LogP contribution >= 0.6 is 8.81 Å². The van der Waals surface area contributed by atoms with Gasteiger partial charge < -0.3 is 27.7 Å². The van der Waals surface area contributed by atoms with Crippen molar-refractivity contribution < 1.29 is 23.6 Å². The average Bonchev–Trinajstić information content (AvgIpc) is 2.11. The second kappa shape index (κ2) is 7.07. The number of rotatable bonds is 7. The molecule has 0 aromatic carbocycles. The van der Waals surface area contributed by atoms with Gasteiger partial charge in [0.15, 0.2) is 6.29 Å². The second-order valence-electron chi connectivity index (χ2n) is 4.92. The van der Waals surface area contributed by atoms with E-state index in [9.17, 15) is 9.90 Å². The number of aliphatic hydroxyl groups excluding tert-OH is 1. The summed E-state index contributed by atoms with van der Waals surface area (Å²) in [5, 5.41) is 9.67. The molecule has 5 nitrogen and oxygen atoms in total. The molecule has 0 rings (SSSR count). The summed E-state index contributed by atoms with van der Waals surface area (Å²) >= 11 is 0. The highest BCUT2D eigenvalue weighted by Crippen LogP contribution is 2.22. The standard InChI is InChI=1S/C11H22NO4P/c1-8(2)11(14)15-9(3)16-17-10(13)7-12(4,5)6/h9-10,13H,1,7H2,2-6H3. The largest absolute Gasteiger partial charge is 0.524 e. The van der Waals surface area contributed by atoms with Crippen LogP contribution in [-0.2, 0) is 14.1 Å². The molecule has 100 valence electrons. The first-order valence-corrected chi connectivity index (χ1v) is 6.21. The maximum absolute atomic E-state index is 11.2. The summed E-state index contributed by atoms with van der Waals surface area (Å²) < 4.78 is 10.7. The van der Waals surface area contributed by atoms with Gasteiger partial charge in [-0.25, -0.2) is 4.79 Å². The van der Waals surface area contributed by atoms with E-state index in [1.54, 1.807) is 13.8 Å². The van der Waals surface area contributed by atoms with Crippen molar-refractivity contribution in [3.8, 4) is 0 Å². The van der Waals surface area contributed by atoms with Crippen LogP contribution < -0.4 is 0 Å². The minimum atomic E-state index is -0.692. The zero-order chi connectivity index (χ0) is 13.6. The van der Waals surface area contributed by atoms with Crippen molar-refractivity contribution in [2.45, 2.75) is 26.0 Å². The van der Waals surface area contributed by atoms with Gasteiger partial charge in [-0.2, -0.15) is 0 Å². The van der Waals surface area contributed by atoms with Gasteiger partial charge in [-0.3, -0.25) is 0 Å². The number of aliphatic hydroxyl groups is 1. The van der Waals surface area contributed by atoms with Crippen LogP contribution in [0.1, 0.15) is 13.8 Å². The SMILES string of the molecule is C=C(C)C(=O)OC(C)O[P-]C(O)C[N+](C)(C)C. The fraction of sp³-hybridized carbons (Fsp3) is 0.727. The third-order valence-electron chi connectivity index (χ3n) is 1.66. The molecule has 0 bridgehead atoms. The average molecular weight is 263 g/mol. The van der Waals surface area contributed by atoms with Gasteiger partial charge in [0.05, 0.1) is 27.7 Å². The van der Waals surface area contributed by atoms with Gasteiger partial charge in [-0.05, 0) is 13.8 Å². The van der Waals surface area contributed by atoms with Crippen LogP contribution in [0.15, 0.2) is 12.2 Å². The molecule has 2 unspecified atom stereocenters. The lowest BCUT2D eigenvalue weighted by atomic mass is 10.4. The molecule has 0 aliphatic carbocycles. The van der Waals surface area contributed by atoms with E-state index in [1.165, 1.54) is 0 Å². The highest BCUT2D eigenvalue weighted by molar-refractivity contribution is 7.32. The monoisotopic (exact) mass is 263 g/mol. The number of likely N-dealkylation sites (N-methyl/N-ethyl adjacent to an activating group) is 1. The van der Waals surface area contributed by atoms with Gasteiger partial charge >= 0.3 is 5.97 Å². The molecule has 0 aromatic rings. The van der Waals surface area contributed by atoms with Gasteiger partial charge in [-0.1, -0.05) is 6.58 Å². The Balaban J connectivity index is 3.88. The summed E-state index contributed by atoms with van der Waals surface area (Å²) in [6, 6.07) is 0. The zero-order valence-electron chi connectivity index (χ0n) is 11.1. The highest BCUT2D eigenvalue weighted by atomic mass is 31.1. The maximum atomic E-state index is 11.2. The minimum Gasteiger partial charge on any atom is -0.524 e. The zero-order valence-corrected chi connectivity index (χ0v) is 12.0. The Morgan fingerprint density at radius 2 is 2.00 bits per heavy atom. The fourth-order valence-electron chi connectivity index (χ4n) is 0.952. The minimum absolute atomic E-state index is 0.323. The Bertz CT molecular complexity index is 275. The molecule has 0 aliphatic rings. The fourth-order valence-corrected chi connectivity index (χ4v) is 1.86. The first kappa shape index (κ1) is 16.5. The number of ether oxygens (including phenoxy) is 1. The van der Waals surface area contributed by atoms with Gasteiger partial charge in [-0.15, -0.1) is 0 Å². The first-order chi connectivity index (χ1) is 7.61. The molecule has 0 aliphatic heterocycles. The van der Waals surface area contributed by atoms with Gasteiger partial charge in [0, 0.05) is 11.4 Å². The van der Waals surface area contributed by atoms with Crippen molar-refractivity contribution in [3.63, 3.8) is 0 Å². The van der Waals surface area contributed by atoms with E-state index < -0.39 is 18.1 Å². The van der Waals surface area contributed by atoms with Crippen LogP contribution in [0.4, 0.5) is 0 Å². The molecule has 0 fully saturated rings. The van der Waals surface area contributed by atoms with Crippen molar-refractivity contribution >= 4 is 14.8 Å². The van der Waals surface area contributed by atoms with Crippen LogP contribution in [0.25, 0.3) is 0 Å². The first-order valence-electron chi connectivity index (χ1n) is 5.33. The van der Waals surface area contributed by atoms with E-state index in [1.807, 2.05) is 21.1 Å². The summed E-state index contributed by atoms with van der Waals surface area (Å²) in [4.78, 5) is 11.2. The molecule has 6 heteroatoms. The van der Waals surface area contributed by atoms with Gasteiger partial charge in [0.1, 0.15) is 0 Å². The summed E-state index contributed by atoms with van der Waals surface area (Å²) in [6.45, 7) is 7.20. The lowest BCUT2D eigenvalue weighted by molar-refractivity contribution is -0.871. The summed E-state index contributed by atoms with van der Waals surface area (Å²) in [7, 11) is 6.32. The van der Waals surface area contributed by atoms with E-state index in [4.69, 9.17) is 9.26 Å². The van der Waals surface area contributed by atoms with Crippen molar-refractivity contribution in [1.29, 1.82) is 0 Å². The number of hydrogen-bond donors (Lipinski definition) is 1. The summed E-state index contributed by atoms with van der Waals surface area (Å²) in [5.41, 5.74) is 0.323. The lowest BCUT2D eigenvalue weighted by Crippen LogP contribution is -2.40. The molecule has 17 heavy (non-hydrogen) atoms. The predicted molar refractivity (Wildman–Crippen MR) is 67.3 cm³/mol. The Morgan fingerprint density at radius 3 is 2.41 bits per heavy atom. The predicted octanol–water partition coefficient (Wildman–Crippen LogP) is 1.35. The number of carbonyl (C=O) groups excluding carboxylic acids is 1. The third-order valence-corrected chi connectivity index (χ3v) is 2.49. The molecule has 1 N–H and O–H groups in total. The molecule has 0 radical (unpaired) electrons. The van der Waals surface area contributed by atoms with Crippen LogP contribution in [0.5, 0.6) is 0 Å². The van der Waals surface area contributed by atoms with E-state index in [-0.39, 0.29) is 0 Å². The van der Waals surface area contributed by atoms with E-state index in [0.29, 0.717) is 25.4 Å².